The van der Waals surface area contributed by atoms with Crippen molar-refractivity contribution in [1.29, 1.82) is 0 Å². The normalized spacial score (nSPS) is 21.1. The van der Waals surface area contributed by atoms with Crippen LogP contribution in [0.5, 0.6) is 0 Å². The van der Waals surface area contributed by atoms with Crippen LogP contribution < -0.4 is 5.73 Å². The van der Waals surface area contributed by atoms with Crippen molar-refractivity contribution in [3.63, 3.8) is 0 Å². The van der Waals surface area contributed by atoms with E-state index in [9.17, 15) is 4.79 Å². The lowest BCUT2D eigenvalue weighted by atomic mass is 9.95. The van der Waals surface area contributed by atoms with E-state index >= 15 is 0 Å². The van der Waals surface area contributed by atoms with Gasteiger partial charge in [-0.1, -0.05) is 30.3 Å². The highest BCUT2D eigenvalue weighted by molar-refractivity contribution is 5.81. The average Bonchev–Trinajstić information content (AvgIpc) is 3.39. The first-order chi connectivity index (χ1) is 11.1. The fraction of sp³-hybridized carbons (Fsp3) is 0.632. The minimum absolute atomic E-state index is 0.138. The molecule has 4 nitrogen and oxygen atoms in total. The number of carbonyl (C=O) groups is 1. The lowest BCUT2D eigenvalue weighted by Gasteiger charge is -2.35. The first kappa shape index (κ1) is 16.5. The van der Waals surface area contributed by atoms with Crippen molar-refractivity contribution in [3.8, 4) is 0 Å². The summed E-state index contributed by atoms with van der Waals surface area (Å²) in [5.41, 5.74) is 7.20. The summed E-state index contributed by atoms with van der Waals surface area (Å²) in [6, 6.07) is 10.8. The van der Waals surface area contributed by atoms with Crippen LogP contribution in [0.4, 0.5) is 0 Å². The number of rotatable bonds is 6. The van der Waals surface area contributed by atoms with Crippen LogP contribution in [0.25, 0.3) is 0 Å². The average molecular weight is 315 g/mol. The van der Waals surface area contributed by atoms with Gasteiger partial charge in [0.2, 0.25) is 5.91 Å². The minimum Gasteiger partial charge on any atom is -0.338 e. The zero-order valence-corrected chi connectivity index (χ0v) is 14.2. The molecule has 2 fully saturated rings. The summed E-state index contributed by atoms with van der Waals surface area (Å²) in [6.07, 6.45) is 4.68. The maximum Gasteiger partial charge on any atom is 0.239 e. The van der Waals surface area contributed by atoms with E-state index in [1.54, 1.807) is 6.92 Å². The third-order valence-corrected chi connectivity index (χ3v) is 5.07. The summed E-state index contributed by atoms with van der Waals surface area (Å²) in [5, 5.41) is 0. The predicted octanol–water partition coefficient (Wildman–Crippen LogP) is 2.24. The SMILES string of the molecule is C[C@H](N)C(=O)N(CC1CCN(Cc2ccccc2)CC1)C1CC1. The molecule has 1 heterocycles. The molecule has 2 N–H and O–H groups in total. The van der Waals surface area contributed by atoms with Gasteiger partial charge < -0.3 is 10.6 Å². The van der Waals surface area contributed by atoms with Gasteiger partial charge in [-0.25, -0.2) is 0 Å². The van der Waals surface area contributed by atoms with E-state index in [1.165, 1.54) is 18.4 Å². The van der Waals surface area contributed by atoms with Crippen molar-refractivity contribution >= 4 is 5.91 Å². The van der Waals surface area contributed by atoms with Gasteiger partial charge in [-0.15, -0.1) is 0 Å². The summed E-state index contributed by atoms with van der Waals surface area (Å²) in [4.78, 5) is 16.9. The van der Waals surface area contributed by atoms with Gasteiger partial charge in [0.25, 0.3) is 0 Å². The Balaban J connectivity index is 1.47. The largest absolute Gasteiger partial charge is 0.338 e. The van der Waals surface area contributed by atoms with Gasteiger partial charge in [0.1, 0.15) is 0 Å². The van der Waals surface area contributed by atoms with Crippen molar-refractivity contribution in [2.24, 2.45) is 11.7 Å². The van der Waals surface area contributed by atoms with E-state index < -0.39 is 0 Å². The summed E-state index contributed by atoms with van der Waals surface area (Å²) in [7, 11) is 0. The molecule has 1 saturated carbocycles. The number of hydrogen-bond acceptors (Lipinski definition) is 3. The van der Waals surface area contributed by atoms with Crippen LogP contribution in [-0.4, -0.2) is 47.4 Å². The van der Waals surface area contributed by atoms with E-state index in [0.717, 1.165) is 39.0 Å². The number of benzene rings is 1. The molecule has 1 aliphatic heterocycles. The Morgan fingerprint density at radius 3 is 2.43 bits per heavy atom. The summed E-state index contributed by atoms with van der Waals surface area (Å²) < 4.78 is 0. The number of carbonyl (C=O) groups excluding carboxylic acids is 1. The lowest BCUT2D eigenvalue weighted by molar-refractivity contribution is -0.133. The van der Waals surface area contributed by atoms with Gasteiger partial charge in [0.15, 0.2) is 0 Å². The second-order valence-corrected chi connectivity index (χ2v) is 7.22. The van der Waals surface area contributed by atoms with Gasteiger partial charge in [0, 0.05) is 19.1 Å². The van der Waals surface area contributed by atoms with E-state index in [-0.39, 0.29) is 11.9 Å². The Morgan fingerprint density at radius 1 is 1.22 bits per heavy atom. The van der Waals surface area contributed by atoms with Gasteiger partial charge >= 0.3 is 0 Å². The fourth-order valence-electron chi connectivity index (χ4n) is 3.51. The summed E-state index contributed by atoms with van der Waals surface area (Å²) in [6.45, 7) is 6.01. The second-order valence-electron chi connectivity index (χ2n) is 7.22. The fourth-order valence-corrected chi connectivity index (χ4v) is 3.51. The Hall–Kier alpha value is -1.39. The van der Waals surface area contributed by atoms with E-state index in [1.807, 2.05) is 0 Å². The molecular formula is C19H29N3O. The molecular weight excluding hydrogens is 286 g/mol. The van der Waals surface area contributed by atoms with Crippen molar-refractivity contribution in [2.75, 3.05) is 19.6 Å². The topological polar surface area (TPSA) is 49.6 Å². The number of nitrogens with zero attached hydrogens (tertiary/aromatic N) is 2. The molecule has 1 aliphatic carbocycles. The molecule has 1 aromatic carbocycles. The Kier molecular flexibility index (Phi) is 5.34. The number of likely N-dealkylation sites (tertiary alicyclic amines) is 1. The zero-order chi connectivity index (χ0) is 16.2. The van der Waals surface area contributed by atoms with Crippen LogP contribution in [0.1, 0.15) is 38.2 Å². The zero-order valence-electron chi connectivity index (χ0n) is 14.2. The molecule has 2 aliphatic rings. The molecule has 0 spiro atoms. The molecule has 1 atom stereocenters. The van der Waals surface area contributed by atoms with Gasteiger partial charge in [-0.3, -0.25) is 9.69 Å². The number of amides is 1. The van der Waals surface area contributed by atoms with Gasteiger partial charge in [-0.2, -0.15) is 0 Å². The molecule has 0 unspecified atom stereocenters. The maximum atomic E-state index is 12.3. The number of hydrogen-bond donors (Lipinski definition) is 1. The van der Waals surface area contributed by atoms with E-state index in [4.69, 9.17) is 5.73 Å². The Morgan fingerprint density at radius 2 is 1.87 bits per heavy atom. The van der Waals surface area contributed by atoms with Gasteiger partial charge in [-0.05, 0) is 57.2 Å². The molecule has 0 aromatic heterocycles. The number of piperidine rings is 1. The molecule has 1 amide bonds. The Bertz CT molecular complexity index is 505. The van der Waals surface area contributed by atoms with Crippen LogP contribution in [0.15, 0.2) is 30.3 Å². The molecule has 1 saturated heterocycles. The summed E-state index contributed by atoms with van der Waals surface area (Å²) in [5.74, 6) is 0.768. The van der Waals surface area contributed by atoms with Crippen molar-refractivity contribution in [2.45, 2.75) is 51.2 Å². The maximum absolute atomic E-state index is 12.3. The molecule has 1 aromatic rings. The summed E-state index contributed by atoms with van der Waals surface area (Å²) >= 11 is 0. The van der Waals surface area contributed by atoms with E-state index in [2.05, 4.69) is 40.1 Å². The highest BCUT2D eigenvalue weighted by Crippen LogP contribution is 2.30. The quantitative estimate of drug-likeness (QED) is 0.876. The lowest BCUT2D eigenvalue weighted by Crippen LogP contribution is -2.47. The smallest absolute Gasteiger partial charge is 0.239 e. The first-order valence-electron chi connectivity index (χ1n) is 8.96. The molecule has 0 radical (unpaired) electrons. The van der Waals surface area contributed by atoms with Crippen molar-refractivity contribution < 1.29 is 4.79 Å². The standard InChI is InChI=1S/C19H29N3O/c1-15(20)19(23)22(18-7-8-18)14-17-9-11-21(12-10-17)13-16-5-3-2-4-6-16/h2-6,15,17-18H,7-14,20H2,1H3/t15-/m0/s1. The third-order valence-electron chi connectivity index (χ3n) is 5.07. The molecule has 0 bridgehead atoms. The number of nitrogens with two attached hydrogens (primary N) is 1. The van der Waals surface area contributed by atoms with Crippen molar-refractivity contribution in [1.82, 2.24) is 9.80 Å². The highest BCUT2D eigenvalue weighted by atomic mass is 16.2. The molecule has 4 heteroatoms. The van der Waals surface area contributed by atoms with Crippen LogP contribution in [0.3, 0.4) is 0 Å². The van der Waals surface area contributed by atoms with E-state index in [0.29, 0.717) is 12.0 Å². The Labute approximate surface area is 139 Å². The van der Waals surface area contributed by atoms with Crippen LogP contribution in [0, 0.1) is 5.92 Å². The highest BCUT2D eigenvalue weighted by Gasteiger charge is 2.35. The molecule has 23 heavy (non-hydrogen) atoms. The minimum atomic E-state index is -0.367. The monoisotopic (exact) mass is 315 g/mol. The predicted molar refractivity (Wildman–Crippen MR) is 92.8 cm³/mol. The third kappa shape index (κ3) is 4.55. The van der Waals surface area contributed by atoms with Gasteiger partial charge in [0.05, 0.1) is 6.04 Å². The first-order valence-corrected chi connectivity index (χ1v) is 8.96. The van der Waals surface area contributed by atoms with Crippen LogP contribution in [-0.2, 0) is 11.3 Å². The van der Waals surface area contributed by atoms with Crippen LogP contribution in [0.2, 0.25) is 0 Å². The van der Waals surface area contributed by atoms with Crippen LogP contribution >= 0.6 is 0 Å². The molecule has 126 valence electrons. The second kappa shape index (κ2) is 7.45. The molecule has 3 rings (SSSR count). The van der Waals surface area contributed by atoms with Crippen molar-refractivity contribution in [3.05, 3.63) is 35.9 Å².